The first kappa shape index (κ1) is 11.7. The van der Waals surface area contributed by atoms with Crippen LogP contribution in [-0.4, -0.2) is 18.0 Å². The Kier molecular flexibility index (Phi) is 3.41. The molecule has 0 radical (unpaired) electrons. The number of nitrogen functional groups attached to an aromatic ring is 1. The monoisotopic (exact) mass is 238 g/mol. The van der Waals surface area contributed by atoms with Crippen LogP contribution < -0.4 is 5.73 Å². The number of hydrogen-bond donors (Lipinski definition) is 1. The standard InChI is InChI=1S/C13H19ClN2/c1-9-6-16(7-10(9)2)8-11-5-12(15)3-4-13(11)14/h3-5,9-10H,6-8,15H2,1-2H3. The van der Waals surface area contributed by atoms with Crippen molar-refractivity contribution in [3.05, 3.63) is 28.8 Å². The zero-order chi connectivity index (χ0) is 11.7. The third-order valence-corrected chi connectivity index (χ3v) is 3.90. The molecule has 2 nitrogen and oxygen atoms in total. The van der Waals surface area contributed by atoms with E-state index in [9.17, 15) is 0 Å². The molecule has 1 aromatic carbocycles. The molecular formula is C13H19ClN2. The summed E-state index contributed by atoms with van der Waals surface area (Å²) >= 11 is 6.17. The first-order chi connectivity index (χ1) is 7.56. The fourth-order valence-electron chi connectivity index (χ4n) is 2.33. The largest absolute Gasteiger partial charge is 0.399 e. The molecule has 1 aromatic rings. The third-order valence-electron chi connectivity index (χ3n) is 3.53. The Labute approximate surface area is 102 Å². The lowest BCUT2D eigenvalue weighted by atomic mass is 10.0. The number of likely N-dealkylation sites (tertiary alicyclic amines) is 1. The Morgan fingerprint density at radius 1 is 1.31 bits per heavy atom. The summed E-state index contributed by atoms with van der Waals surface area (Å²) in [4.78, 5) is 2.45. The van der Waals surface area contributed by atoms with Gasteiger partial charge in [-0.1, -0.05) is 25.4 Å². The second kappa shape index (κ2) is 4.64. The Morgan fingerprint density at radius 2 is 1.94 bits per heavy atom. The van der Waals surface area contributed by atoms with Crippen molar-refractivity contribution >= 4 is 17.3 Å². The summed E-state index contributed by atoms with van der Waals surface area (Å²) in [7, 11) is 0. The number of nitrogens with zero attached hydrogens (tertiary/aromatic N) is 1. The summed E-state index contributed by atoms with van der Waals surface area (Å²) < 4.78 is 0. The molecule has 16 heavy (non-hydrogen) atoms. The predicted octanol–water partition coefficient (Wildman–Crippen LogP) is 3.01. The van der Waals surface area contributed by atoms with Crippen LogP contribution in [0.2, 0.25) is 5.02 Å². The number of anilines is 1. The van der Waals surface area contributed by atoms with Crippen molar-refractivity contribution in [2.75, 3.05) is 18.8 Å². The number of nitrogens with two attached hydrogens (primary N) is 1. The van der Waals surface area contributed by atoms with Crippen LogP contribution in [0.15, 0.2) is 18.2 Å². The minimum atomic E-state index is 0.778. The topological polar surface area (TPSA) is 29.3 Å². The van der Waals surface area contributed by atoms with Gasteiger partial charge in [0.25, 0.3) is 0 Å². The molecule has 0 aliphatic carbocycles. The minimum Gasteiger partial charge on any atom is -0.399 e. The van der Waals surface area contributed by atoms with Gasteiger partial charge in [-0.25, -0.2) is 0 Å². The van der Waals surface area contributed by atoms with Crippen molar-refractivity contribution in [3.8, 4) is 0 Å². The van der Waals surface area contributed by atoms with Crippen LogP contribution in [0.1, 0.15) is 19.4 Å². The van der Waals surface area contributed by atoms with E-state index in [1.54, 1.807) is 0 Å². The highest BCUT2D eigenvalue weighted by Gasteiger charge is 2.26. The Balaban J connectivity index is 2.07. The smallest absolute Gasteiger partial charge is 0.0452 e. The molecule has 3 heteroatoms. The van der Waals surface area contributed by atoms with Crippen LogP contribution in [0, 0.1) is 11.8 Å². The van der Waals surface area contributed by atoms with Gasteiger partial charge >= 0.3 is 0 Å². The molecule has 0 saturated carbocycles. The van der Waals surface area contributed by atoms with Gasteiger partial charge in [-0.15, -0.1) is 0 Å². The van der Waals surface area contributed by atoms with E-state index in [4.69, 9.17) is 17.3 Å². The average molecular weight is 239 g/mol. The van der Waals surface area contributed by atoms with E-state index in [0.717, 1.165) is 47.7 Å². The second-order valence-electron chi connectivity index (χ2n) is 5.00. The highest BCUT2D eigenvalue weighted by Crippen LogP contribution is 2.26. The van der Waals surface area contributed by atoms with Crippen molar-refractivity contribution in [1.82, 2.24) is 4.90 Å². The molecule has 2 atom stereocenters. The Morgan fingerprint density at radius 3 is 2.56 bits per heavy atom. The first-order valence-corrected chi connectivity index (χ1v) is 6.20. The van der Waals surface area contributed by atoms with Crippen LogP contribution in [0.3, 0.4) is 0 Å². The zero-order valence-corrected chi connectivity index (χ0v) is 10.7. The van der Waals surface area contributed by atoms with Gasteiger partial charge in [-0.3, -0.25) is 4.90 Å². The molecule has 1 saturated heterocycles. The summed E-state index contributed by atoms with van der Waals surface area (Å²) in [5.41, 5.74) is 7.71. The molecule has 1 aliphatic heterocycles. The summed E-state index contributed by atoms with van der Waals surface area (Å²) in [5, 5.41) is 0.821. The van der Waals surface area contributed by atoms with E-state index < -0.39 is 0 Å². The van der Waals surface area contributed by atoms with Gasteiger partial charge in [0.2, 0.25) is 0 Å². The molecule has 0 aromatic heterocycles. The fourth-order valence-corrected chi connectivity index (χ4v) is 2.51. The summed E-state index contributed by atoms with van der Waals surface area (Å²) in [6, 6.07) is 5.71. The van der Waals surface area contributed by atoms with E-state index in [1.807, 2.05) is 18.2 Å². The van der Waals surface area contributed by atoms with E-state index in [1.165, 1.54) is 0 Å². The molecule has 88 valence electrons. The van der Waals surface area contributed by atoms with Gasteiger partial charge in [0, 0.05) is 30.3 Å². The molecular weight excluding hydrogens is 220 g/mol. The summed E-state index contributed by atoms with van der Waals surface area (Å²) in [6.45, 7) is 7.86. The predicted molar refractivity (Wildman–Crippen MR) is 69.5 cm³/mol. The number of halogens is 1. The molecule has 0 amide bonds. The molecule has 0 spiro atoms. The van der Waals surface area contributed by atoms with Crippen molar-refractivity contribution in [1.29, 1.82) is 0 Å². The SMILES string of the molecule is CC1CN(Cc2cc(N)ccc2Cl)CC1C. The van der Waals surface area contributed by atoms with Crippen LogP contribution in [0.5, 0.6) is 0 Å². The van der Waals surface area contributed by atoms with Crippen LogP contribution in [0.25, 0.3) is 0 Å². The first-order valence-electron chi connectivity index (χ1n) is 5.82. The average Bonchev–Trinajstić information content (AvgIpc) is 2.52. The molecule has 2 rings (SSSR count). The van der Waals surface area contributed by atoms with Crippen LogP contribution in [0.4, 0.5) is 5.69 Å². The lowest BCUT2D eigenvalue weighted by molar-refractivity contribution is 0.316. The van der Waals surface area contributed by atoms with Crippen molar-refractivity contribution in [2.24, 2.45) is 11.8 Å². The van der Waals surface area contributed by atoms with Crippen molar-refractivity contribution in [2.45, 2.75) is 20.4 Å². The lowest BCUT2D eigenvalue weighted by Gasteiger charge is -2.16. The highest BCUT2D eigenvalue weighted by atomic mass is 35.5. The van der Waals surface area contributed by atoms with Crippen molar-refractivity contribution < 1.29 is 0 Å². The van der Waals surface area contributed by atoms with E-state index in [0.29, 0.717) is 0 Å². The van der Waals surface area contributed by atoms with Crippen LogP contribution >= 0.6 is 11.6 Å². The van der Waals surface area contributed by atoms with Crippen LogP contribution in [-0.2, 0) is 6.54 Å². The molecule has 1 heterocycles. The molecule has 1 fully saturated rings. The maximum Gasteiger partial charge on any atom is 0.0452 e. The van der Waals surface area contributed by atoms with Gasteiger partial charge in [0.1, 0.15) is 0 Å². The third kappa shape index (κ3) is 2.50. The lowest BCUT2D eigenvalue weighted by Crippen LogP contribution is -2.20. The number of benzene rings is 1. The fraction of sp³-hybridized carbons (Fsp3) is 0.538. The summed E-state index contributed by atoms with van der Waals surface area (Å²) in [5.74, 6) is 1.56. The molecule has 0 bridgehead atoms. The Bertz CT molecular complexity index is 368. The maximum atomic E-state index is 6.17. The molecule has 1 aliphatic rings. The minimum absolute atomic E-state index is 0.778. The molecule has 2 unspecified atom stereocenters. The number of rotatable bonds is 2. The number of hydrogen-bond acceptors (Lipinski definition) is 2. The van der Waals surface area contributed by atoms with Gasteiger partial charge in [-0.05, 0) is 35.6 Å². The van der Waals surface area contributed by atoms with Gasteiger partial charge in [0.05, 0.1) is 0 Å². The zero-order valence-electron chi connectivity index (χ0n) is 9.91. The second-order valence-corrected chi connectivity index (χ2v) is 5.41. The summed E-state index contributed by atoms with van der Waals surface area (Å²) in [6.07, 6.45) is 0. The molecule has 2 N–H and O–H groups in total. The van der Waals surface area contributed by atoms with E-state index >= 15 is 0 Å². The van der Waals surface area contributed by atoms with Gasteiger partial charge in [-0.2, -0.15) is 0 Å². The normalized spacial score (nSPS) is 26.2. The van der Waals surface area contributed by atoms with Gasteiger partial charge in [0.15, 0.2) is 0 Å². The van der Waals surface area contributed by atoms with E-state index in [2.05, 4.69) is 18.7 Å². The van der Waals surface area contributed by atoms with Gasteiger partial charge < -0.3 is 5.73 Å². The van der Waals surface area contributed by atoms with Crippen molar-refractivity contribution in [3.63, 3.8) is 0 Å². The quantitative estimate of drug-likeness (QED) is 0.803. The Hall–Kier alpha value is -0.730. The highest BCUT2D eigenvalue weighted by molar-refractivity contribution is 6.31. The maximum absolute atomic E-state index is 6.17. The van der Waals surface area contributed by atoms with E-state index in [-0.39, 0.29) is 0 Å².